The number of rotatable bonds is 4. The molecule has 5 aromatic carbocycles. The van der Waals surface area contributed by atoms with Gasteiger partial charge in [-0.15, -0.1) is 0 Å². The molecule has 0 fully saturated rings. The highest BCUT2D eigenvalue weighted by molar-refractivity contribution is 7.91. The summed E-state index contributed by atoms with van der Waals surface area (Å²) < 4.78 is 31.8. The summed E-state index contributed by atoms with van der Waals surface area (Å²) >= 11 is 0. The number of hydrogen-bond donors (Lipinski definition) is 0. The van der Waals surface area contributed by atoms with Gasteiger partial charge in [0.25, 0.3) is 0 Å². The smallest absolute Gasteiger partial charge is 0.225 e. The predicted octanol–water partition coefficient (Wildman–Crippen LogP) is 7.98. The van der Waals surface area contributed by atoms with Crippen molar-refractivity contribution in [3.63, 3.8) is 0 Å². The normalized spacial score (nSPS) is 11.9. The molecule has 8 aromatic rings. The molecule has 0 saturated heterocycles. The number of sulfone groups is 1. The summed E-state index contributed by atoms with van der Waals surface area (Å²) in [6, 6.07) is 42.6. The third-order valence-electron chi connectivity index (χ3n) is 8.05. The minimum absolute atomic E-state index is 0.0626. The van der Waals surface area contributed by atoms with Gasteiger partial charge in [-0.3, -0.25) is 0 Å². The molecule has 7 heteroatoms. The van der Waals surface area contributed by atoms with Crippen LogP contribution >= 0.6 is 0 Å². The van der Waals surface area contributed by atoms with E-state index in [9.17, 15) is 13.7 Å². The van der Waals surface area contributed by atoms with E-state index in [1.807, 2.05) is 72.8 Å². The van der Waals surface area contributed by atoms with Crippen LogP contribution in [-0.2, 0) is 9.84 Å². The fourth-order valence-corrected chi connectivity index (χ4v) is 7.46. The van der Waals surface area contributed by atoms with Crippen LogP contribution in [0.1, 0.15) is 5.56 Å². The van der Waals surface area contributed by atoms with Crippen molar-refractivity contribution in [2.24, 2.45) is 0 Å². The van der Waals surface area contributed by atoms with Gasteiger partial charge in [-0.1, -0.05) is 72.8 Å². The minimum atomic E-state index is -4.08. The highest BCUT2D eigenvalue weighted by Crippen LogP contribution is 2.35. The van der Waals surface area contributed by atoms with Crippen molar-refractivity contribution in [1.82, 2.24) is 14.1 Å². The first-order chi connectivity index (χ1) is 21.1. The molecule has 0 amide bonds. The van der Waals surface area contributed by atoms with Crippen LogP contribution in [0, 0.1) is 11.3 Å². The fourth-order valence-electron chi connectivity index (χ4n) is 6.16. The van der Waals surface area contributed by atoms with Crippen molar-refractivity contribution in [2.75, 3.05) is 0 Å². The Morgan fingerprint density at radius 1 is 0.558 bits per heavy atom. The Balaban J connectivity index is 1.23. The van der Waals surface area contributed by atoms with Crippen molar-refractivity contribution in [3.8, 4) is 17.4 Å². The van der Waals surface area contributed by atoms with E-state index in [2.05, 4.69) is 44.5 Å². The zero-order valence-corrected chi connectivity index (χ0v) is 23.5. The van der Waals surface area contributed by atoms with Gasteiger partial charge in [0.05, 0.1) is 44.4 Å². The number of fused-ring (bicyclic) bond motifs is 6. The first kappa shape index (κ1) is 25.0. The maximum absolute atomic E-state index is 13.8. The number of pyridine rings is 1. The molecule has 0 bridgehead atoms. The molecule has 0 unspecified atom stereocenters. The van der Waals surface area contributed by atoms with Gasteiger partial charge in [-0.2, -0.15) is 5.26 Å². The van der Waals surface area contributed by atoms with Gasteiger partial charge in [0.1, 0.15) is 6.07 Å². The van der Waals surface area contributed by atoms with E-state index in [0.717, 1.165) is 49.3 Å². The van der Waals surface area contributed by atoms with Crippen molar-refractivity contribution in [1.29, 1.82) is 5.26 Å². The maximum atomic E-state index is 13.8. The quantitative estimate of drug-likeness (QED) is 0.213. The number of benzene rings is 5. The highest BCUT2D eigenvalue weighted by atomic mass is 32.2. The van der Waals surface area contributed by atoms with Gasteiger partial charge in [-0.25, -0.2) is 13.4 Å². The van der Waals surface area contributed by atoms with Crippen LogP contribution in [0.25, 0.3) is 55.0 Å². The SMILES string of the molecule is N#Cc1cc(-n2c3ccccc3c3ccccc32)ccc1S(=O)(=O)c1ccc(-n2c3ccccc3c3ccccc32)cn1. The topological polar surface area (TPSA) is 80.7 Å². The molecule has 0 radical (unpaired) electrons. The van der Waals surface area contributed by atoms with E-state index in [4.69, 9.17) is 0 Å². The second kappa shape index (κ2) is 9.41. The van der Waals surface area contributed by atoms with Crippen LogP contribution in [0.2, 0.25) is 0 Å². The van der Waals surface area contributed by atoms with E-state index in [0.29, 0.717) is 5.69 Å². The van der Waals surface area contributed by atoms with E-state index < -0.39 is 9.84 Å². The lowest BCUT2D eigenvalue weighted by Crippen LogP contribution is -2.08. The lowest BCUT2D eigenvalue weighted by Gasteiger charge is -2.12. The molecule has 0 atom stereocenters. The van der Waals surface area contributed by atoms with Crippen LogP contribution < -0.4 is 0 Å². The number of hydrogen-bond acceptors (Lipinski definition) is 4. The van der Waals surface area contributed by atoms with Gasteiger partial charge in [0.2, 0.25) is 9.84 Å². The molecule has 0 aliphatic carbocycles. The fraction of sp³-hybridized carbons (Fsp3) is 0. The molecule has 0 N–H and O–H groups in total. The van der Waals surface area contributed by atoms with Crippen molar-refractivity contribution in [3.05, 3.63) is 139 Å². The molecule has 0 spiro atoms. The summed E-state index contributed by atoms with van der Waals surface area (Å²) in [6.45, 7) is 0. The molecule has 8 rings (SSSR count). The average Bonchev–Trinajstić information content (AvgIpc) is 3.58. The monoisotopic (exact) mass is 574 g/mol. The van der Waals surface area contributed by atoms with Crippen LogP contribution in [0.4, 0.5) is 0 Å². The van der Waals surface area contributed by atoms with E-state index in [1.54, 1.807) is 24.4 Å². The number of aromatic nitrogens is 3. The minimum Gasteiger partial charge on any atom is -0.309 e. The summed E-state index contributed by atoms with van der Waals surface area (Å²) in [5.41, 5.74) is 5.49. The van der Waals surface area contributed by atoms with Gasteiger partial charge in [0, 0.05) is 27.2 Å². The molecule has 204 valence electrons. The molecule has 3 heterocycles. The molecule has 0 aliphatic heterocycles. The van der Waals surface area contributed by atoms with Gasteiger partial charge >= 0.3 is 0 Å². The molecule has 6 nitrogen and oxygen atoms in total. The van der Waals surface area contributed by atoms with Crippen LogP contribution in [0.3, 0.4) is 0 Å². The summed E-state index contributed by atoms with van der Waals surface area (Å²) in [7, 11) is -4.08. The molecule has 0 aliphatic rings. The summed E-state index contributed by atoms with van der Waals surface area (Å²) in [6.07, 6.45) is 1.57. The largest absolute Gasteiger partial charge is 0.309 e. The molecule has 43 heavy (non-hydrogen) atoms. The van der Waals surface area contributed by atoms with Gasteiger partial charge < -0.3 is 9.13 Å². The van der Waals surface area contributed by atoms with E-state index in [1.165, 1.54) is 12.1 Å². The number of nitriles is 1. The average molecular weight is 575 g/mol. The Kier molecular flexibility index (Phi) is 5.48. The van der Waals surface area contributed by atoms with Gasteiger partial charge in [0.15, 0.2) is 5.03 Å². The van der Waals surface area contributed by atoms with Crippen LogP contribution in [0.15, 0.2) is 144 Å². The van der Waals surface area contributed by atoms with Crippen molar-refractivity contribution < 1.29 is 8.42 Å². The molecular weight excluding hydrogens is 552 g/mol. The first-order valence-corrected chi connectivity index (χ1v) is 15.3. The Bertz CT molecular complexity index is 2430. The maximum Gasteiger partial charge on any atom is 0.225 e. The van der Waals surface area contributed by atoms with Crippen LogP contribution in [-0.4, -0.2) is 22.5 Å². The zero-order valence-electron chi connectivity index (χ0n) is 22.7. The Morgan fingerprint density at radius 2 is 1.00 bits per heavy atom. The first-order valence-electron chi connectivity index (χ1n) is 13.8. The third kappa shape index (κ3) is 3.71. The Hall–Kier alpha value is -5.71. The summed E-state index contributed by atoms with van der Waals surface area (Å²) in [5.74, 6) is 0. The Morgan fingerprint density at radius 3 is 1.44 bits per heavy atom. The lowest BCUT2D eigenvalue weighted by atomic mass is 10.2. The van der Waals surface area contributed by atoms with Crippen molar-refractivity contribution >= 4 is 53.4 Å². The second-order valence-electron chi connectivity index (χ2n) is 10.4. The standard InChI is InChI=1S/C36H22N4O2S/c37-22-24-21-25(39-31-13-5-1-9-27(31)28-10-2-6-14-32(28)39)17-19-35(24)43(41,42)36-20-18-26(23-38-36)40-33-15-7-3-11-29(33)30-12-4-8-16-34(30)40/h1-21,23H. The molecule has 3 aromatic heterocycles. The van der Waals surface area contributed by atoms with E-state index in [-0.39, 0.29) is 15.5 Å². The van der Waals surface area contributed by atoms with E-state index >= 15 is 0 Å². The lowest BCUT2D eigenvalue weighted by molar-refractivity contribution is 0.592. The zero-order chi connectivity index (χ0) is 29.1. The molecular formula is C36H22N4O2S. The third-order valence-corrected chi connectivity index (χ3v) is 9.77. The van der Waals surface area contributed by atoms with Crippen LogP contribution in [0.5, 0.6) is 0 Å². The predicted molar refractivity (Wildman–Crippen MR) is 170 cm³/mol. The Labute approximate surface area is 247 Å². The summed E-state index contributed by atoms with van der Waals surface area (Å²) in [5, 5.41) is 14.4. The number of para-hydroxylation sites is 4. The summed E-state index contributed by atoms with van der Waals surface area (Å²) in [4.78, 5) is 4.33. The van der Waals surface area contributed by atoms with Crippen molar-refractivity contribution in [2.45, 2.75) is 9.92 Å². The second-order valence-corrected chi connectivity index (χ2v) is 12.3. The number of nitrogens with zero attached hydrogens (tertiary/aromatic N) is 4. The molecule has 0 saturated carbocycles. The van der Waals surface area contributed by atoms with Gasteiger partial charge in [-0.05, 0) is 54.6 Å². The highest BCUT2D eigenvalue weighted by Gasteiger charge is 2.24.